The van der Waals surface area contributed by atoms with Gasteiger partial charge in [0.25, 0.3) is 0 Å². The van der Waals surface area contributed by atoms with E-state index in [4.69, 9.17) is 14.2 Å². The Morgan fingerprint density at radius 2 is 1.90 bits per heavy atom. The molecule has 0 atom stereocenters. The highest BCUT2D eigenvalue weighted by Gasteiger charge is 2.15. The van der Waals surface area contributed by atoms with Gasteiger partial charge < -0.3 is 24.3 Å². The number of fused-ring (bicyclic) bond motifs is 1. The minimum Gasteiger partial charge on any atom is -0.507 e. The molecule has 0 spiro atoms. The number of aliphatic hydroxyl groups excluding tert-OH is 1. The first kappa shape index (κ1) is 20.7. The van der Waals surface area contributed by atoms with E-state index in [1.165, 1.54) is 0 Å². The first-order valence-corrected chi connectivity index (χ1v) is 9.30. The lowest BCUT2D eigenvalue weighted by atomic mass is 10.2. The Kier molecular flexibility index (Phi) is 6.90. The number of esters is 1. The minimum absolute atomic E-state index is 0.0677. The van der Waals surface area contributed by atoms with E-state index in [9.17, 15) is 15.2 Å². The number of methoxy groups -OCH3 is 1. The van der Waals surface area contributed by atoms with Gasteiger partial charge in [-0.1, -0.05) is 12.1 Å². The lowest BCUT2D eigenvalue weighted by Crippen LogP contribution is -2.10. The van der Waals surface area contributed by atoms with Crippen LogP contribution in [0.15, 0.2) is 54.3 Å². The Morgan fingerprint density at radius 1 is 1.17 bits per heavy atom. The summed E-state index contributed by atoms with van der Waals surface area (Å²) >= 11 is 0. The average Bonchev–Trinajstić information content (AvgIpc) is 3.20. The van der Waals surface area contributed by atoms with Crippen molar-refractivity contribution in [2.45, 2.75) is 12.8 Å². The number of H-pyrrole nitrogens is 1. The molecule has 0 amide bonds. The van der Waals surface area contributed by atoms with E-state index in [1.54, 1.807) is 37.4 Å². The number of nitriles is 1. The highest BCUT2D eigenvalue weighted by Crippen LogP contribution is 2.19. The normalized spacial score (nSPS) is 11.5. The maximum Gasteiger partial charge on any atom is 0.306 e. The van der Waals surface area contributed by atoms with Crippen LogP contribution in [0.25, 0.3) is 16.6 Å². The van der Waals surface area contributed by atoms with E-state index >= 15 is 0 Å². The molecule has 1 heterocycles. The SMILES string of the molecule is COc1ccc(OCCCC(=O)OC/C(O)=C(\C#N)c2nc3ccccc3[nH]2)cc1. The molecule has 8 nitrogen and oxygen atoms in total. The number of hydrogen-bond acceptors (Lipinski definition) is 7. The zero-order chi connectivity index (χ0) is 21.3. The van der Waals surface area contributed by atoms with Crippen LogP contribution in [0.4, 0.5) is 0 Å². The summed E-state index contributed by atoms with van der Waals surface area (Å²) in [5, 5.41) is 19.5. The van der Waals surface area contributed by atoms with Crippen LogP contribution in [-0.2, 0) is 9.53 Å². The number of carbonyl (C=O) groups excluding carboxylic acids is 1. The van der Waals surface area contributed by atoms with Gasteiger partial charge in [0, 0.05) is 6.42 Å². The summed E-state index contributed by atoms with van der Waals surface area (Å²) in [7, 11) is 1.59. The highest BCUT2D eigenvalue weighted by atomic mass is 16.5. The van der Waals surface area contributed by atoms with Crippen molar-refractivity contribution in [3.63, 3.8) is 0 Å². The van der Waals surface area contributed by atoms with Gasteiger partial charge in [-0.25, -0.2) is 4.98 Å². The summed E-state index contributed by atoms with van der Waals surface area (Å²) < 4.78 is 15.7. The molecule has 0 bridgehead atoms. The van der Waals surface area contributed by atoms with Crippen LogP contribution in [0.2, 0.25) is 0 Å². The lowest BCUT2D eigenvalue weighted by Gasteiger charge is -2.08. The van der Waals surface area contributed by atoms with Crippen molar-refractivity contribution in [1.29, 1.82) is 5.26 Å². The number of rotatable bonds is 9. The molecule has 0 saturated heterocycles. The number of nitrogens with zero attached hydrogens (tertiary/aromatic N) is 2. The predicted molar refractivity (Wildman–Crippen MR) is 110 cm³/mol. The van der Waals surface area contributed by atoms with Crippen LogP contribution in [0.5, 0.6) is 11.5 Å². The van der Waals surface area contributed by atoms with E-state index in [0.29, 0.717) is 24.3 Å². The van der Waals surface area contributed by atoms with Gasteiger partial charge >= 0.3 is 5.97 Å². The second kappa shape index (κ2) is 9.98. The number of para-hydroxylation sites is 2. The molecule has 154 valence electrons. The molecule has 0 radical (unpaired) electrons. The molecular formula is C22H21N3O5. The number of ether oxygens (including phenoxy) is 3. The Morgan fingerprint density at radius 3 is 2.60 bits per heavy atom. The molecule has 2 aromatic carbocycles. The van der Waals surface area contributed by atoms with E-state index in [2.05, 4.69) is 9.97 Å². The molecular weight excluding hydrogens is 386 g/mol. The summed E-state index contributed by atoms with van der Waals surface area (Å²) in [5.74, 6) is 0.772. The van der Waals surface area contributed by atoms with Crippen molar-refractivity contribution in [1.82, 2.24) is 9.97 Å². The molecule has 0 saturated carbocycles. The number of nitrogens with one attached hydrogen (secondary N) is 1. The van der Waals surface area contributed by atoms with Crippen LogP contribution in [0.1, 0.15) is 18.7 Å². The number of carbonyl (C=O) groups is 1. The van der Waals surface area contributed by atoms with Gasteiger partial charge in [0.1, 0.15) is 29.7 Å². The summed E-state index contributed by atoms with van der Waals surface area (Å²) in [6.45, 7) is -0.0657. The molecule has 0 fully saturated rings. The van der Waals surface area contributed by atoms with Crippen molar-refractivity contribution in [2.75, 3.05) is 20.3 Å². The molecule has 0 aliphatic heterocycles. The van der Waals surface area contributed by atoms with Crippen molar-refractivity contribution in [3.05, 3.63) is 60.1 Å². The summed E-state index contributed by atoms with van der Waals surface area (Å²) in [4.78, 5) is 19.1. The van der Waals surface area contributed by atoms with E-state index < -0.39 is 12.6 Å². The van der Waals surface area contributed by atoms with Crippen LogP contribution >= 0.6 is 0 Å². The van der Waals surface area contributed by atoms with Crippen LogP contribution < -0.4 is 9.47 Å². The number of benzene rings is 2. The number of allylic oxidation sites excluding steroid dienone is 1. The number of aliphatic hydroxyl groups is 1. The number of imidazole rings is 1. The van der Waals surface area contributed by atoms with Gasteiger partial charge in [0.15, 0.2) is 11.6 Å². The fourth-order valence-electron chi connectivity index (χ4n) is 2.70. The fraction of sp³-hybridized carbons (Fsp3) is 0.227. The fourth-order valence-corrected chi connectivity index (χ4v) is 2.70. The van der Waals surface area contributed by atoms with Gasteiger partial charge in [0.05, 0.1) is 24.8 Å². The van der Waals surface area contributed by atoms with E-state index in [1.807, 2.05) is 24.3 Å². The minimum atomic E-state index is -0.498. The van der Waals surface area contributed by atoms with Crippen molar-refractivity contribution in [2.24, 2.45) is 0 Å². The molecule has 30 heavy (non-hydrogen) atoms. The van der Waals surface area contributed by atoms with Crippen LogP contribution in [0.3, 0.4) is 0 Å². The van der Waals surface area contributed by atoms with Gasteiger partial charge in [-0.2, -0.15) is 5.26 Å². The second-order valence-electron chi connectivity index (χ2n) is 6.32. The van der Waals surface area contributed by atoms with E-state index in [-0.39, 0.29) is 23.6 Å². The predicted octanol–water partition coefficient (Wildman–Crippen LogP) is 3.77. The third kappa shape index (κ3) is 5.29. The molecule has 0 aliphatic rings. The van der Waals surface area contributed by atoms with E-state index in [0.717, 1.165) is 11.3 Å². The van der Waals surface area contributed by atoms with Gasteiger partial charge in [0.2, 0.25) is 0 Å². The molecule has 0 unspecified atom stereocenters. The monoisotopic (exact) mass is 407 g/mol. The third-order valence-corrected chi connectivity index (χ3v) is 4.25. The Labute approximate surface area is 173 Å². The van der Waals surface area contributed by atoms with Crippen LogP contribution in [-0.4, -0.2) is 41.4 Å². The van der Waals surface area contributed by atoms with Crippen molar-refractivity contribution < 1.29 is 24.1 Å². The topological polar surface area (TPSA) is 117 Å². The average molecular weight is 407 g/mol. The molecule has 8 heteroatoms. The number of aromatic amines is 1. The van der Waals surface area contributed by atoms with Gasteiger partial charge in [-0.05, 0) is 42.8 Å². The molecule has 3 rings (SSSR count). The molecule has 0 aliphatic carbocycles. The number of hydrogen-bond donors (Lipinski definition) is 2. The molecule has 2 N–H and O–H groups in total. The van der Waals surface area contributed by atoms with Gasteiger partial charge in [-0.3, -0.25) is 4.79 Å². The maximum absolute atomic E-state index is 11.9. The van der Waals surface area contributed by atoms with Crippen LogP contribution in [0, 0.1) is 11.3 Å². The van der Waals surface area contributed by atoms with Gasteiger partial charge in [-0.15, -0.1) is 0 Å². The Hall–Kier alpha value is -3.99. The summed E-state index contributed by atoms with van der Waals surface area (Å²) in [5.41, 5.74) is 1.34. The number of aromatic nitrogens is 2. The zero-order valence-corrected chi connectivity index (χ0v) is 16.4. The highest BCUT2D eigenvalue weighted by molar-refractivity contribution is 5.83. The lowest BCUT2D eigenvalue weighted by molar-refractivity contribution is -0.143. The van der Waals surface area contributed by atoms with Crippen molar-refractivity contribution in [3.8, 4) is 17.6 Å². The smallest absolute Gasteiger partial charge is 0.306 e. The zero-order valence-electron chi connectivity index (χ0n) is 16.4. The maximum atomic E-state index is 11.9. The summed E-state index contributed by atoms with van der Waals surface area (Å²) in [6.07, 6.45) is 0.569. The summed E-state index contributed by atoms with van der Waals surface area (Å²) in [6, 6.07) is 16.3. The Balaban J connectivity index is 1.47. The standard InChI is InChI=1S/C22H21N3O5/c1-28-15-8-10-16(11-9-15)29-12-4-7-21(27)30-14-20(26)17(13-23)22-24-18-5-2-3-6-19(18)25-22/h2-3,5-6,8-11,26H,4,7,12,14H2,1H3,(H,24,25)/b20-17-. The molecule has 3 aromatic rings. The molecule has 1 aromatic heterocycles. The second-order valence-corrected chi connectivity index (χ2v) is 6.32. The first-order chi connectivity index (χ1) is 14.6. The third-order valence-electron chi connectivity index (χ3n) is 4.25. The van der Waals surface area contributed by atoms with Crippen molar-refractivity contribution >= 4 is 22.6 Å². The quantitative estimate of drug-likeness (QED) is 0.240. The Bertz CT molecular complexity index is 1050. The largest absolute Gasteiger partial charge is 0.507 e. The first-order valence-electron chi connectivity index (χ1n) is 9.30.